The van der Waals surface area contributed by atoms with E-state index < -0.39 is 12.2 Å². The van der Waals surface area contributed by atoms with Gasteiger partial charge in [-0.3, -0.25) is 4.90 Å². The second-order valence-corrected chi connectivity index (χ2v) is 9.58. The summed E-state index contributed by atoms with van der Waals surface area (Å²) in [6.45, 7) is 1.95. The first-order valence-corrected chi connectivity index (χ1v) is 11.9. The Kier molecular flexibility index (Phi) is 7.69. The van der Waals surface area contributed by atoms with E-state index in [4.69, 9.17) is 10.00 Å². The molecule has 2 heterocycles. The van der Waals surface area contributed by atoms with E-state index in [1.807, 2.05) is 25.3 Å². The molecule has 1 saturated heterocycles. The second kappa shape index (κ2) is 10.7. The topological polar surface area (TPSA) is 94.5 Å². The molecule has 9 heteroatoms. The van der Waals surface area contributed by atoms with Gasteiger partial charge in [0.2, 0.25) is 0 Å². The number of nitrogens with zero attached hydrogens (tertiary/aromatic N) is 4. The summed E-state index contributed by atoms with van der Waals surface area (Å²) in [6, 6.07) is 12.7. The number of hydrogen-bond acceptors (Lipinski definition) is 6. The predicted octanol–water partition coefficient (Wildman–Crippen LogP) is 4.28. The lowest BCUT2D eigenvalue weighted by Crippen LogP contribution is -2.47. The fourth-order valence-corrected chi connectivity index (χ4v) is 4.73. The average molecular weight is 497 g/mol. The summed E-state index contributed by atoms with van der Waals surface area (Å²) in [5.41, 5.74) is 3.14. The Hall–Kier alpha value is -3.32. The van der Waals surface area contributed by atoms with Crippen LogP contribution in [0.25, 0.3) is 16.8 Å². The van der Waals surface area contributed by atoms with Gasteiger partial charge in [-0.2, -0.15) is 19.1 Å². The highest BCUT2D eigenvalue weighted by Gasteiger charge is 2.34. The van der Waals surface area contributed by atoms with Crippen molar-refractivity contribution in [2.24, 2.45) is 5.92 Å². The minimum Gasteiger partial charge on any atom is -0.434 e. The standard InChI is InChI=1S/C27H30F2N4O3/c1-18-10-19(12-30)5-8-24(18)33-15-22(13-31-33)20-6-7-21(25(11-20)36-26(28)29)14-32-9-3-4-23(16-32)27(2,35)17-34/h5-8,10-11,13,15,23,26,34-35H,3-4,9,14,16-17H2,1-2H3/t23-,27+/m0/s1. The summed E-state index contributed by atoms with van der Waals surface area (Å²) < 4.78 is 33.1. The first-order valence-electron chi connectivity index (χ1n) is 11.9. The molecule has 2 aromatic carbocycles. The van der Waals surface area contributed by atoms with Crippen molar-refractivity contribution in [3.63, 3.8) is 0 Å². The van der Waals surface area contributed by atoms with Crippen LogP contribution in [0.2, 0.25) is 0 Å². The van der Waals surface area contributed by atoms with Crippen LogP contribution in [0.4, 0.5) is 8.78 Å². The van der Waals surface area contributed by atoms with Crippen LogP contribution in [0.5, 0.6) is 5.75 Å². The van der Waals surface area contributed by atoms with Crippen molar-refractivity contribution >= 4 is 0 Å². The molecule has 190 valence electrons. The zero-order valence-electron chi connectivity index (χ0n) is 20.4. The third-order valence-electron chi connectivity index (χ3n) is 6.87. The number of rotatable bonds is 8. The van der Waals surface area contributed by atoms with E-state index in [0.717, 1.165) is 36.2 Å². The van der Waals surface area contributed by atoms with Gasteiger partial charge in [-0.1, -0.05) is 12.1 Å². The number of ether oxygens (including phenoxy) is 1. The maximum Gasteiger partial charge on any atom is 0.387 e. The van der Waals surface area contributed by atoms with Crippen molar-refractivity contribution in [2.45, 2.75) is 45.4 Å². The third kappa shape index (κ3) is 5.73. The van der Waals surface area contributed by atoms with Crippen LogP contribution in [-0.2, 0) is 6.54 Å². The van der Waals surface area contributed by atoms with Gasteiger partial charge in [0, 0.05) is 36.3 Å². The monoisotopic (exact) mass is 496 g/mol. The molecule has 0 aliphatic carbocycles. The van der Waals surface area contributed by atoms with Crippen LogP contribution in [0, 0.1) is 24.2 Å². The maximum absolute atomic E-state index is 13.3. The minimum atomic E-state index is -2.97. The minimum absolute atomic E-state index is 0.0980. The lowest BCUT2D eigenvalue weighted by Gasteiger charge is -2.39. The number of hydrogen-bond donors (Lipinski definition) is 2. The van der Waals surface area contributed by atoms with Crippen molar-refractivity contribution in [2.75, 3.05) is 19.7 Å². The average Bonchev–Trinajstić information content (AvgIpc) is 3.35. The quantitative estimate of drug-likeness (QED) is 0.484. The molecule has 0 spiro atoms. The number of alkyl halides is 2. The molecular weight excluding hydrogens is 466 g/mol. The van der Waals surface area contributed by atoms with Crippen LogP contribution in [0.3, 0.4) is 0 Å². The van der Waals surface area contributed by atoms with E-state index in [1.165, 1.54) is 0 Å². The first-order chi connectivity index (χ1) is 17.2. The van der Waals surface area contributed by atoms with Gasteiger partial charge in [0.1, 0.15) is 5.75 Å². The Bertz CT molecular complexity index is 1250. The van der Waals surface area contributed by atoms with Gasteiger partial charge in [0.25, 0.3) is 0 Å². The molecule has 1 aliphatic heterocycles. The Morgan fingerprint density at radius 1 is 1.25 bits per heavy atom. The Labute approximate surface area is 209 Å². The number of likely N-dealkylation sites (tertiary alicyclic amines) is 1. The fraction of sp³-hybridized carbons (Fsp3) is 0.407. The number of aryl methyl sites for hydroxylation is 1. The summed E-state index contributed by atoms with van der Waals surface area (Å²) in [6.07, 6.45) is 5.11. The Balaban J connectivity index is 1.57. The highest BCUT2D eigenvalue weighted by molar-refractivity contribution is 5.65. The smallest absolute Gasteiger partial charge is 0.387 e. The molecule has 0 radical (unpaired) electrons. The molecule has 3 aromatic rings. The maximum atomic E-state index is 13.3. The van der Waals surface area contributed by atoms with Crippen LogP contribution < -0.4 is 4.74 Å². The highest BCUT2D eigenvalue weighted by Crippen LogP contribution is 2.33. The summed E-state index contributed by atoms with van der Waals surface area (Å²) in [7, 11) is 0. The molecule has 0 saturated carbocycles. The van der Waals surface area contributed by atoms with Gasteiger partial charge in [0.05, 0.1) is 35.7 Å². The largest absolute Gasteiger partial charge is 0.434 e. The molecule has 1 aromatic heterocycles. The number of piperidine rings is 1. The number of benzene rings is 2. The van der Waals surface area contributed by atoms with Gasteiger partial charge in [-0.15, -0.1) is 0 Å². The lowest BCUT2D eigenvalue weighted by atomic mass is 9.83. The van der Waals surface area contributed by atoms with E-state index in [9.17, 15) is 19.0 Å². The number of aromatic nitrogens is 2. The summed E-state index contributed by atoms with van der Waals surface area (Å²) >= 11 is 0. The normalized spacial score (nSPS) is 18.1. The summed E-state index contributed by atoms with van der Waals surface area (Å²) in [5, 5.41) is 33.5. The lowest BCUT2D eigenvalue weighted by molar-refractivity contribution is -0.0702. The predicted molar refractivity (Wildman–Crippen MR) is 131 cm³/mol. The van der Waals surface area contributed by atoms with Crippen molar-refractivity contribution in [1.82, 2.24) is 14.7 Å². The number of aliphatic hydroxyl groups excluding tert-OH is 1. The molecule has 0 bridgehead atoms. The van der Waals surface area contributed by atoms with E-state index in [2.05, 4.69) is 16.1 Å². The molecule has 36 heavy (non-hydrogen) atoms. The molecule has 4 rings (SSSR count). The molecule has 2 atom stereocenters. The third-order valence-corrected chi connectivity index (χ3v) is 6.87. The van der Waals surface area contributed by atoms with E-state index in [1.54, 1.807) is 42.1 Å². The molecule has 2 N–H and O–H groups in total. The van der Waals surface area contributed by atoms with Crippen molar-refractivity contribution in [3.8, 4) is 28.6 Å². The second-order valence-electron chi connectivity index (χ2n) is 9.58. The molecule has 1 aliphatic rings. The Morgan fingerprint density at radius 3 is 2.75 bits per heavy atom. The molecule has 0 unspecified atom stereocenters. The number of nitriles is 1. The van der Waals surface area contributed by atoms with Gasteiger partial charge in [0.15, 0.2) is 0 Å². The molecule has 7 nitrogen and oxygen atoms in total. The summed E-state index contributed by atoms with van der Waals surface area (Å²) in [4.78, 5) is 2.09. The fourth-order valence-electron chi connectivity index (χ4n) is 4.73. The van der Waals surface area contributed by atoms with Gasteiger partial charge in [-0.25, -0.2) is 4.68 Å². The van der Waals surface area contributed by atoms with Crippen molar-refractivity contribution < 1.29 is 23.7 Å². The van der Waals surface area contributed by atoms with Crippen molar-refractivity contribution in [3.05, 3.63) is 65.5 Å². The van der Waals surface area contributed by atoms with E-state index >= 15 is 0 Å². The highest BCUT2D eigenvalue weighted by atomic mass is 19.3. The molecule has 0 amide bonds. The van der Waals surface area contributed by atoms with E-state index in [0.29, 0.717) is 29.8 Å². The first kappa shape index (κ1) is 25.8. The zero-order chi connectivity index (χ0) is 25.9. The van der Waals surface area contributed by atoms with Gasteiger partial charge >= 0.3 is 6.61 Å². The van der Waals surface area contributed by atoms with Crippen molar-refractivity contribution in [1.29, 1.82) is 5.26 Å². The van der Waals surface area contributed by atoms with E-state index in [-0.39, 0.29) is 18.3 Å². The van der Waals surface area contributed by atoms with Crippen LogP contribution in [-0.4, -0.2) is 56.8 Å². The van der Waals surface area contributed by atoms with Gasteiger partial charge < -0.3 is 14.9 Å². The number of aliphatic hydroxyl groups is 2. The zero-order valence-corrected chi connectivity index (χ0v) is 20.4. The number of halogens is 2. The molecule has 1 fully saturated rings. The van der Waals surface area contributed by atoms with Crippen LogP contribution in [0.1, 0.15) is 36.5 Å². The SMILES string of the molecule is Cc1cc(C#N)ccc1-n1cc(-c2ccc(CN3CCC[C@H]([C@](C)(O)CO)C3)c(OC(F)F)c2)cn1. The Morgan fingerprint density at radius 2 is 2.06 bits per heavy atom. The summed E-state index contributed by atoms with van der Waals surface area (Å²) in [5.74, 6) is -0.00708. The van der Waals surface area contributed by atoms with Crippen LogP contribution in [0.15, 0.2) is 48.8 Å². The van der Waals surface area contributed by atoms with Gasteiger partial charge in [-0.05, 0) is 68.6 Å². The van der Waals surface area contributed by atoms with Crippen LogP contribution >= 0.6 is 0 Å². The molecular formula is C27H30F2N4O3.